The third kappa shape index (κ3) is 9.81. The van der Waals surface area contributed by atoms with E-state index in [1.807, 2.05) is 0 Å². The Morgan fingerprint density at radius 3 is 2.45 bits per heavy atom. The van der Waals surface area contributed by atoms with E-state index >= 15 is 0 Å². The zero-order valence-electron chi connectivity index (χ0n) is 5.88. The second-order valence-corrected chi connectivity index (χ2v) is 3.01. The quantitative estimate of drug-likeness (QED) is 0.317. The Kier molecular flexibility index (Phi) is 5.36. The fourth-order valence-corrected chi connectivity index (χ4v) is 0.775. The van der Waals surface area contributed by atoms with E-state index < -0.39 is 7.82 Å². The van der Waals surface area contributed by atoms with E-state index in [0.717, 1.165) is 0 Å². The molecule has 0 bridgehead atoms. The SMILES string of the molecule is O=P(O)(O)OCC/C=C/CO. The molecule has 0 rings (SSSR count). The number of aliphatic hydroxyl groups excluding tert-OH is 1. The van der Waals surface area contributed by atoms with Crippen molar-refractivity contribution in [1.82, 2.24) is 0 Å². The van der Waals surface area contributed by atoms with Crippen LogP contribution in [0.25, 0.3) is 0 Å². The first-order valence-corrected chi connectivity index (χ1v) is 4.55. The average Bonchev–Trinajstić information content (AvgIpc) is 1.85. The summed E-state index contributed by atoms with van der Waals surface area (Å²) >= 11 is 0. The van der Waals surface area contributed by atoms with Crippen molar-refractivity contribution in [3.05, 3.63) is 12.2 Å². The number of hydrogen-bond acceptors (Lipinski definition) is 3. The van der Waals surface area contributed by atoms with Gasteiger partial charge in [-0.3, -0.25) is 4.52 Å². The molecule has 0 aromatic heterocycles. The monoisotopic (exact) mass is 182 g/mol. The lowest BCUT2D eigenvalue weighted by Gasteiger charge is -2.01. The predicted octanol–water partition coefficient (Wildman–Crippen LogP) is 0.0343. The van der Waals surface area contributed by atoms with Gasteiger partial charge in [0.25, 0.3) is 0 Å². The number of aliphatic hydroxyl groups is 1. The molecular weight excluding hydrogens is 171 g/mol. The van der Waals surface area contributed by atoms with E-state index in [-0.39, 0.29) is 13.2 Å². The summed E-state index contributed by atoms with van der Waals surface area (Å²) in [5, 5.41) is 8.24. The van der Waals surface area contributed by atoms with Crippen molar-refractivity contribution in [2.75, 3.05) is 13.2 Å². The van der Waals surface area contributed by atoms with E-state index in [4.69, 9.17) is 14.9 Å². The van der Waals surface area contributed by atoms with Crippen molar-refractivity contribution in [3.8, 4) is 0 Å². The molecule has 0 fully saturated rings. The minimum atomic E-state index is -4.31. The van der Waals surface area contributed by atoms with Crippen LogP contribution in [0.4, 0.5) is 0 Å². The summed E-state index contributed by atoms with van der Waals surface area (Å²) in [6.45, 7) is -0.114. The fourth-order valence-electron chi connectivity index (χ4n) is 0.432. The lowest BCUT2D eigenvalue weighted by molar-refractivity contribution is 0.200. The molecule has 0 aliphatic heterocycles. The Bertz CT molecular complexity index is 160. The van der Waals surface area contributed by atoms with E-state index in [2.05, 4.69) is 4.52 Å². The van der Waals surface area contributed by atoms with Gasteiger partial charge in [-0.25, -0.2) is 4.57 Å². The van der Waals surface area contributed by atoms with Crippen molar-refractivity contribution in [1.29, 1.82) is 0 Å². The van der Waals surface area contributed by atoms with Crippen LogP contribution in [0.2, 0.25) is 0 Å². The highest BCUT2D eigenvalue weighted by molar-refractivity contribution is 7.46. The van der Waals surface area contributed by atoms with Gasteiger partial charge in [0.15, 0.2) is 0 Å². The van der Waals surface area contributed by atoms with Crippen LogP contribution >= 0.6 is 7.82 Å². The van der Waals surface area contributed by atoms with Crippen molar-refractivity contribution >= 4 is 7.82 Å². The van der Waals surface area contributed by atoms with Gasteiger partial charge in [0.1, 0.15) is 0 Å². The molecule has 0 aliphatic rings. The Balaban J connectivity index is 3.29. The van der Waals surface area contributed by atoms with Crippen LogP contribution in [0, 0.1) is 0 Å². The summed E-state index contributed by atoms with van der Waals surface area (Å²) < 4.78 is 14.2. The summed E-state index contributed by atoms with van der Waals surface area (Å²) in [5.74, 6) is 0. The highest BCUT2D eigenvalue weighted by Crippen LogP contribution is 2.35. The molecule has 5 nitrogen and oxygen atoms in total. The molecule has 11 heavy (non-hydrogen) atoms. The largest absolute Gasteiger partial charge is 0.469 e. The molecule has 0 heterocycles. The maximum Gasteiger partial charge on any atom is 0.469 e. The molecule has 0 atom stereocenters. The Hall–Kier alpha value is -0.190. The first-order valence-electron chi connectivity index (χ1n) is 3.02. The van der Waals surface area contributed by atoms with Gasteiger partial charge in [0, 0.05) is 0 Å². The van der Waals surface area contributed by atoms with Crippen LogP contribution in [0.5, 0.6) is 0 Å². The Morgan fingerprint density at radius 1 is 1.36 bits per heavy atom. The highest BCUT2D eigenvalue weighted by atomic mass is 31.2. The van der Waals surface area contributed by atoms with E-state index in [1.54, 1.807) is 6.08 Å². The molecule has 0 saturated heterocycles. The first kappa shape index (κ1) is 10.8. The molecular formula is C5H11O5P. The van der Waals surface area contributed by atoms with Crippen LogP contribution in [0.15, 0.2) is 12.2 Å². The zero-order valence-corrected chi connectivity index (χ0v) is 6.78. The summed E-state index contributed by atoms with van der Waals surface area (Å²) in [5.41, 5.74) is 0. The van der Waals surface area contributed by atoms with Gasteiger partial charge >= 0.3 is 7.82 Å². The molecule has 0 unspecified atom stereocenters. The summed E-state index contributed by atoms with van der Waals surface area (Å²) in [4.78, 5) is 16.4. The van der Waals surface area contributed by atoms with Crippen molar-refractivity contribution in [3.63, 3.8) is 0 Å². The molecule has 6 heteroatoms. The number of phosphoric acid groups is 1. The lowest BCUT2D eigenvalue weighted by Crippen LogP contribution is -1.89. The van der Waals surface area contributed by atoms with Gasteiger partial charge < -0.3 is 14.9 Å². The second-order valence-electron chi connectivity index (χ2n) is 1.77. The Labute approximate surface area is 64.6 Å². The maximum absolute atomic E-state index is 10.1. The highest BCUT2D eigenvalue weighted by Gasteiger charge is 2.11. The molecule has 0 aromatic carbocycles. The molecule has 0 saturated carbocycles. The summed E-state index contributed by atoms with van der Waals surface area (Å²) in [6, 6.07) is 0. The third-order valence-electron chi connectivity index (χ3n) is 0.816. The van der Waals surface area contributed by atoms with Crippen LogP contribution in [-0.2, 0) is 9.09 Å². The van der Waals surface area contributed by atoms with Gasteiger partial charge in [-0.05, 0) is 6.42 Å². The number of rotatable bonds is 5. The minimum Gasteiger partial charge on any atom is -0.392 e. The van der Waals surface area contributed by atoms with Gasteiger partial charge in [0.05, 0.1) is 13.2 Å². The normalized spacial score (nSPS) is 12.6. The number of phosphoric ester groups is 1. The van der Waals surface area contributed by atoms with E-state index in [1.165, 1.54) is 6.08 Å². The number of hydrogen-bond donors (Lipinski definition) is 3. The minimum absolute atomic E-state index is 0.0409. The van der Waals surface area contributed by atoms with Crippen LogP contribution in [0.3, 0.4) is 0 Å². The van der Waals surface area contributed by atoms with Gasteiger partial charge in [0.2, 0.25) is 0 Å². The zero-order chi connectivity index (χ0) is 8.74. The van der Waals surface area contributed by atoms with Crippen molar-refractivity contribution in [2.45, 2.75) is 6.42 Å². The lowest BCUT2D eigenvalue weighted by atomic mass is 10.4. The maximum atomic E-state index is 10.1. The predicted molar refractivity (Wildman–Crippen MR) is 38.8 cm³/mol. The van der Waals surface area contributed by atoms with Gasteiger partial charge in [-0.15, -0.1) is 0 Å². The van der Waals surface area contributed by atoms with Crippen LogP contribution in [-0.4, -0.2) is 28.1 Å². The van der Waals surface area contributed by atoms with E-state index in [0.29, 0.717) is 6.42 Å². The average molecular weight is 182 g/mol. The molecule has 0 amide bonds. The summed E-state index contributed by atoms with van der Waals surface area (Å²) in [6.07, 6.45) is 3.43. The van der Waals surface area contributed by atoms with Crippen LogP contribution in [0.1, 0.15) is 6.42 Å². The first-order chi connectivity index (χ1) is 5.06. The topological polar surface area (TPSA) is 87.0 Å². The second kappa shape index (κ2) is 5.46. The van der Waals surface area contributed by atoms with E-state index in [9.17, 15) is 4.57 Å². The molecule has 0 aromatic rings. The smallest absolute Gasteiger partial charge is 0.392 e. The molecule has 0 spiro atoms. The molecule has 3 N–H and O–H groups in total. The van der Waals surface area contributed by atoms with Crippen molar-refractivity contribution in [2.24, 2.45) is 0 Å². The Morgan fingerprint density at radius 2 is 2.00 bits per heavy atom. The molecule has 0 radical (unpaired) electrons. The standard InChI is InChI=1S/C5H11O5P/c6-4-2-1-3-5-10-11(7,8)9/h1-2,6H,3-5H2,(H2,7,8,9)/b2-1+. The fraction of sp³-hybridized carbons (Fsp3) is 0.600. The van der Waals surface area contributed by atoms with Gasteiger partial charge in [-0.2, -0.15) is 0 Å². The van der Waals surface area contributed by atoms with Gasteiger partial charge in [-0.1, -0.05) is 12.2 Å². The molecule has 66 valence electrons. The van der Waals surface area contributed by atoms with Crippen molar-refractivity contribution < 1.29 is 24.0 Å². The third-order valence-corrected chi connectivity index (χ3v) is 1.33. The molecule has 0 aliphatic carbocycles. The van der Waals surface area contributed by atoms with Crippen LogP contribution < -0.4 is 0 Å². The summed E-state index contributed by atoms with van der Waals surface area (Å²) in [7, 11) is -4.31.